The monoisotopic (exact) mass is 247 g/mol. The maximum atomic E-state index is 5.12. The molecule has 1 aliphatic heterocycles. The fraction of sp³-hybridized carbons (Fsp3) is 0.714. The first-order valence-electron chi connectivity index (χ1n) is 6.61. The summed E-state index contributed by atoms with van der Waals surface area (Å²) in [6.07, 6.45) is 0. The molecular weight excluding hydrogens is 226 g/mol. The minimum atomic E-state index is 0.487. The molecule has 1 aliphatic carbocycles. The Morgan fingerprint density at radius 3 is 2.61 bits per heavy atom. The lowest BCUT2D eigenvalue weighted by atomic mass is 10.1. The largest absolute Gasteiger partial charge is 0.377 e. The van der Waals surface area contributed by atoms with E-state index in [2.05, 4.69) is 34.8 Å². The molecule has 0 aromatic carbocycles. The van der Waals surface area contributed by atoms with E-state index >= 15 is 0 Å². The molecular formula is C14H21N3O. The highest BCUT2D eigenvalue weighted by molar-refractivity contribution is 5.44. The van der Waals surface area contributed by atoms with Crippen molar-refractivity contribution in [2.75, 3.05) is 25.1 Å². The Balaban J connectivity index is 1.78. The van der Waals surface area contributed by atoms with Crippen LogP contribution in [0.15, 0.2) is 6.07 Å². The third kappa shape index (κ3) is 1.79. The van der Waals surface area contributed by atoms with E-state index in [9.17, 15) is 0 Å². The number of aryl methyl sites for hydroxylation is 1. The lowest BCUT2D eigenvalue weighted by Crippen LogP contribution is -2.27. The zero-order valence-electron chi connectivity index (χ0n) is 11.6. The van der Waals surface area contributed by atoms with Gasteiger partial charge in [-0.3, -0.25) is 0 Å². The number of hydrogen-bond donors (Lipinski definition) is 0. The molecule has 2 fully saturated rings. The van der Waals surface area contributed by atoms with Crippen molar-refractivity contribution in [1.29, 1.82) is 0 Å². The molecule has 4 heteroatoms. The summed E-state index contributed by atoms with van der Waals surface area (Å²) in [6.45, 7) is 9.54. The van der Waals surface area contributed by atoms with E-state index in [4.69, 9.17) is 4.74 Å². The summed E-state index contributed by atoms with van der Waals surface area (Å²) in [5, 5.41) is 0. The number of anilines is 1. The summed E-state index contributed by atoms with van der Waals surface area (Å²) in [5.74, 6) is 3.54. The van der Waals surface area contributed by atoms with E-state index < -0.39 is 0 Å². The van der Waals surface area contributed by atoms with Gasteiger partial charge in [-0.25, -0.2) is 9.97 Å². The highest BCUT2D eigenvalue weighted by atomic mass is 16.5. The molecule has 0 bridgehead atoms. The number of nitrogens with zero attached hydrogens (tertiary/aromatic N) is 3. The van der Waals surface area contributed by atoms with Crippen molar-refractivity contribution in [2.24, 2.45) is 17.3 Å². The predicted molar refractivity (Wildman–Crippen MR) is 70.5 cm³/mol. The maximum absolute atomic E-state index is 5.12. The number of methoxy groups -OCH3 is 1. The van der Waals surface area contributed by atoms with Crippen LogP contribution in [0.3, 0.4) is 0 Å². The van der Waals surface area contributed by atoms with Crippen LogP contribution >= 0.6 is 0 Å². The van der Waals surface area contributed by atoms with E-state index in [0.717, 1.165) is 42.3 Å². The molecule has 18 heavy (non-hydrogen) atoms. The van der Waals surface area contributed by atoms with Gasteiger partial charge in [0, 0.05) is 32.0 Å². The number of aromatic nitrogens is 2. The van der Waals surface area contributed by atoms with Crippen molar-refractivity contribution in [2.45, 2.75) is 27.4 Å². The molecule has 3 rings (SSSR count). The van der Waals surface area contributed by atoms with Crippen molar-refractivity contribution in [3.8, 4) is 0 Å². The second-order valence-electron chi connectivity index (χ2n) is 6.16. The highest BCUT2D eigenvalue weighted by Gasteiger charge is 2.62. The Hall–Kier alpha value is -1.16. The lowest BCUT2D eigenvalue weighted by molar-refractivity contribution is 0.177. The van der Waals surface area contributed by atoms with Gasteiger partial charge in [-0.1, -0.05) is 13.8 Å². The summed E-state index contributed by atoms with van der Waals surface area (Å²) >= 11 is 0. The first-order valence-corrected chi connectivity index (χ1v) is 6.61. The molecule has 0 radical (unpaired) electrons. The molecule has 2 atom stereocenters. The van der Waals surface area contributed by atoms with Gasteiger partial charge in [0.1, 0.15) is 12.4 Å². The van der Waals surface area contributed by atoms with Gasteiger partial charge in [0.05, 0.1) is 0 Å². The van der Waals surface area contributed by atoms with Crippen molar-refractivity contribution < 1.29 is 4.74 Å². The quantitative estimate of drug-likeness (QED) is 0.819. The zero-order chi connectivity index (χ0) is 12.9. The number of piperidine rings is 1. The molecule has 0 unspecified atom stereocenters. The van der Waals surface area contributed by atoms with Crippen LogP contribution < -0.4 is 4.90 Å². The Morgan fingerprint density at radius 1 is 1.33 bits per heavy atom. The van der Waals surface area contributed by atoms with Crippen LogP contribution in [0.4, 0.5) is 5.82 Å². The smallest absolute Gasteiger partial charge is 0.156 e. The van der Waals surface area contributed by atoms with Crippen LogP contribution in [0.1, 0.15) is 25.4 Å². The Bertz CT molecular complexity index is 458. The summed E-state index contributed by atoms with van der Waals surface area (Å²) in [6, 6.07) is 2.08. The van der Waals surface area contributed by atoms with Crippen LogP contribution in [0.5, 0.6) is 0 Å². The van der Waals surface area contributed by atoms with Gasteiger partial charge in [0.2, 0.25) is 0 Å². The number of fused-ring (bicyclic) bond motifs is 1. The van der Waals surface area contributed by atoms with E-state index in [1.807, 2.05) is 6.92 Å². The molecule has 2 heterocycles. The molecule has 0 amide bonds. The summed E-state index contributed by atoms with van der Waals surface area (Å²) in [7, 11) is 1.68. The van der Waals surface area contributed by atoms with E-state index in [-0.39, 0.29) is 0 Å². The van der Waals surface area contributed by atoms with Crippen molar-refractivity contribution in [3.63, 3.8) is 0 Å². The van der Waals surface area contributed by atoms with Gasteiger partial charge in [-0.05, 0) is 24.2 Å². The van der Waals surface area contributed by atoms with Crippen LogP contribution in [0, 0.1) is 24.2 Å². The minimum Gasteiger partial charge on any atom is -0.377 e. The molecule has 0 spiro atoms. The fourth-order valence-corrected chi connectivity index (χ4v) is 3.29. The first-order chi connectivity index (χ1) is 8.52. The number of hydrogen-bond acceptors (Lipinski definition) is 4. The van der Waals surface area contributed by atoms with Gasteiger partial charge in [0.25, 0.3) is 0 Å². The summed E-state index contributed by atoms with van der Waals surface area (Å²) in [5.41, 5.74) is 1.57. The summed E-state index contributed by atoms with van der Waals surface area (Å²) < 4.78 is 5.12. The highest BCUT2D eigenvalue weighted by Crippen LogP contribution is 2.62. The van der Waals surface area contributed by atoms with E-state index in [1.54, 1.807) is 7.11 Å². The summed E-state index contributed by atoms with van der Waals surface area (Å²) in [4.78, 5) is 11.4. The van der Waals surface area contributed by atoms with E-state index in [0.29, 0.717) is 12.0 Å². The van der Waals surface area contributed by atoms with Crippen LogP contribution in [0.25, 0.3) is 0 Å². The Labute approximate surface area is 108 Å². The average molecular weight is 247 g/mol. The third-order valence-electron chi connectivity index (χ3n) is 4.61. The minimum absolute atomic E-state index is 0.487. The second kappa shape index (κ2) is 3.92. The molecule has 1 saturated heterocycles. The molecule has 4 nitrogen and oxygen atoms in total. The molecule has 2 aliphatic rings. The normalized spacial score (nSPS) is 28.3. The van der Waals surface area contributed by atoms with Gasteiger partial charge < -0.3 is 9.64 Å². The number of rotatable bonds is 3. The van der Waals surface area contributed by atoms with Crippen molar-refractivity contribution >= 4 is 5.82 Å². The van der Waals surface area contributed by atoms with Gasteiger partial charge in [-0.15, -0.1) is 0 Å². The zero-order valence-corrected chi connectivity index (χ0v) is 11.6. The lowest BCUT2D eigenvalue weighted by Gasteiger charge is -2.23. The van der Waals surface area contributed by atoms with Crippen LogP contribution in [0.2, 0.25) is 0 Å². The Kier molecular flexibility index (Phi) is 2.59. The fourth-order valence-electron chi connectivity index (χ4n) is 3.29. The second-order valence-corrected chi connectivity index (χ2v) is 6.16. The van der Waals surface area contributed by atoms with Crippen molar-refractivity contribution in [1.82, 2.24) is 9.97 Å². The van der Waals surface area contributed by atoms with Gasteiger partial charge in [-0.2, -0.15) is 0 Å². The van der Waals surface area contributed by atoms with Crippen LogP contribution in [-0.2, 0) is 11.3 Å². The van der Waals surface area contributed by atoms with Gasteiger partial charge >= 0.3 is 0 Å². The molecule has 1 aromatic rings. The Morgan fingerprint density at radius 2 is 2.00 bits per heavy atom. The van der Waals surface area contributed by atoms with Crippen molar-refractivity contribution in [3.05, 3.63) is 17.6 Å². The topological polar surface area (TPSA) is 38.2 Å². The third-order valence-corrected chi connectivity index (χ3v) is 4.61. The van der Waals surface area contributed by atoms with Gasteiger partial charge in [0.15, 0.2) is 5.82 Å². The molecule has 98 valence electrons. The molecule has 1 saturated carbocycles. The average Bonchev–Trinajstić information content (AvgIpc) is 2.69. The first kappa shape index (κ1) is 11.9. The maximum Gasteiger partial charge on any atom is 0.156 e. The standard InChI is InChI=1S/C14H21N3O/c1-9-5-13(16-12(15-9)8-18-4)17-6-10-11(7-17)14(10,2)3/h5,10-11H,6-8H2,1-4H3/t10-,11-/m0/s1. The molecule has 0 N–H and O–H groups in total. The SMILES string of the molecule is COCc1nc(C)cc(N2C[C@H]3[C@H](C2)C3(C)C)n1. The number of ether oxygens (including phenoxy) is 1. The predicted octanol–water partition coefficient (Wildman–Crippen LogP) is 2.02. The van der Waals surface area contributed by atoms with Crippen LogP contribution in [-0.4, -0.2) is 30.2 Å². The molecule has 1 aromatic heterocycles. The van der Waals surface area contributed by atoms with E-state index in [1.165, 1.54) is 0 Å².